The summed E-state index contributed by atoms with van der Waals surface area (Å²) in [6, 6.07) is -0.934. The lowest BCUT2D eigenvalue weighted by Crippen LogP contribution is -2.65. The Balaban J connectivity index is 2.09. The third-order valence-electron chi connectivity index (χ3n) is 5.63. The molecule has 2 rings (SSSR count). The lowest BCUT2D eigenvalue weighted by Gasteiger charge is -2.44. The van der Waals surface area contributed by atoms with Crippen LogP contribution in [0.2, 0.25) is 0 Å². The van der Waals surface area contributed by atoms with Gasteiger partial charge in [-0.1, -0.05) is 13.3 Å². The third kappa shape index (κ3) is 5.29. The highest BCUT2D eigenvalue weighted by atomic mass is 35.5. The second-order valence-corrected chi connectivity index (χ2v) is 9.36. The van der Waals surface area contributed by atoms with Crippen LogP contribution in [0.15, 0.2) is 0 Å². The number of nitrogens with zero attached hydrogens (tertiary/aromatic N) is 1. The summed E-state index contributed by atoms with van der Waals surface area (Å²) in [5.74, 6) is 0.350. The van der Waals surface area contributed by atoms with E-state index in [0.29, 0.717) is 5.92 Å². The quantitative estimate of drug-likeness (QED) is 0.438. The number of amides is 1. The van der Waals surface area contributed by atoms with Gasteiger partial charge < -0.3 is 25.4 Å². The third-order valence-corrected chi connectivity index (χ3v) is 6.76. The minimum atomic E-state index is -1.36. The first-order chi connectivity index (χ1) is 12.7. The molecule has 2 fully saturated rings. The number of carbonyl (C=O) groups is 1. The topological polar surface area (TPSA) is 102 Å². The van der Waals surface area contributed by atoms with Gasteiger partial charge in [0.05, 0.1) is 17.5 Å². The Morgan fingerprint density at radius 2 is 2.00 bits per heavy atom. The van der Waals surface area contributed by atoms with Crippen LogP contribution in [-0.4, -0.2) is 93.3 Å². The van der Waals surface area contributed by atoms with E-state index in [1.54, 1.807) is 13.2 Å². The molecule has 0 radical (unpaired) electrons. The molecule has 9 heteroatoms. The van der Waals surface area contributed by atoms with E-state index in [9.17, 15) is 20.1 Å². The van der Waals surface area contributed by atoms with Crippen LogP contribution in [0.25, 0.3) is 0 Å². The molecule has 2 heterocycles. The number of rotatable bonds is 7. The molecule has 0 aromatic carbocycles. The molecule has 4 N–H and O–H groups in total. The van der Waals surface area contributed by atoms with Crippen LogP contribution in [0.3, 0.4) is 0 Å². The number of carbonyl (C=O) groups excluding carboxylic acids is 1. The highest BCUT2D eigenvalue weighted by Crippen LogP contribution is 2.31. The molecule has 0 spiro atoms. The molecule has 0 aromatic heterocycles. The minimum Gasteiger partial charge on any atom is -0.388 e. The molecule has 27 heavy (non-hydrogen) atoms. The maximum Gasteiger partial charge on any atom is 0.237 e. The van der Waals surface area contributed by atoms with Gasteiger partial charge in [-0.05, 0) is 39.0 Å². The second kappa shape index (κ2) is 10.1. The lowest BCUT2D eigenvalue weighted by molar-refractivity contribution is -0.205. The normalized spacial score (nSPS) is 39.9. The summed E-state index contributed by atoms with van der Waals surface area (Å²) in [5, 5.41) is 33.0. The van der Waals surface area contributed by atoms with Gasteiger partial charge in [-0.3, -0.25) is 9.69 Å². The van der Waals surface area contributed by atoms with Gasteiger partial charge >= 0.3 is 0 Å². The van der Waals surface area contributed by atoms with Crippen LogP contribution in [0, 0.1) is 5.92 Å². The largest absolute Gasteiger partial charge is 0.388 e. The first-order valence-electron chi connectivity index (χ1n) is 9.58. The molecule has 0 bridgehead atoms. The average molecular weight is 425 g/mol. The molecular weight excluding hydrogens is 392 g/mol. The SMILES string of the molecule is CCC[C@@H]1C[C@@H](C(=O)N[C@H](C(C)Cl)C2O[C@H](SC)[C@H](O)C(O)[C@H]2O)N(C)C1. The molecule has 2 saturated heterocycles. The smallest absolute Gasteiger partial charge is 0.237 e. The zero-order chi connectivity index (χ0) is 20.3. The van der Waals surface area contributed by atoms with Crippen LogP contribution in [0.5, 0.6) is 0 Å². The zero-order valence-corrected chi connectivity index (χ0v) is 18.0. The number of halogens is 1. The molecule has 0 saturated carbocycles. The highest BCUT2D eigenvalue weighted by molar-refractivity contribution is 7.99. The van der Waals surface area contributed by atoms with Crippen LogP contribution in [0.1, 0.15) is 33.1 Å². The fourth-order valence-electron chi connectivity index (χ4n) is 4.11. The Labute approximate surface area is 170 Å². The number of aliphatic hydroxyl groups is 3. The number of likely N-dealkylation sites (tertiary alicyclic amines) is 1. The van der Waals surface area contributed by atoms with Crippen LogP contribution >= 0.6 is 23.4 Å². The number of hydrogen-bond acceptors (Lipinski definition) is 7. The van der Waals surface area contributed by atoms with Gasteiger partial charge in [-0.2, -0.15) is 0 Å². The molecule has 0 aromatic rings. The zero-order valence-electron chi connectivity index (χ0n) is 16.4. The van der Waals surface area contributed by atoms with Crippen molar-refractivity contribution in [1.82, 2.24) is 10.2 Å². The van der Waals surface area contributed by atoms with Gasteiger partial charge in [0, 0.05) is 6.54 Å². The molecule has 9 atom stereocenters. The van der Waals surface area contributed by atoms with E-state index in [4.69, 9.17) is 16.3 Å². The number of aliphatic hydroxyl groups excluding tert-OH is 3. The first-order valence-corrected chi connectivity index (χ1v) is 11.3. The highest BCUT2D eigenvalue weighted by Gasteiger charge is 2.48. The standard InChI is InChI=1S/C18H33ClN2O5S/c1-5-6-10-7-11(21(3)8-10)17(25)20-12(9(2)19)16-14(23)13(22)15(24)18(26-16)27-4/h9-16,18,22-24H,5-8H2,1-4H3,(H,20,25)/t9?,10-,11+,12-,13?,14-,15-,16?,18-/m1/s1. The summed E-state index contributed by atoms with van der Waals surface area (Å²) in [7, 11) is 1.94. The Kier molecular flexibility index (Phi) is 8.67. The summed E-state index contributed by atoms with van der Waals surface area (Å²) in [5.41, 5.74) is -0.702. The van der Waals surface area contributed by atoms with Crippen molar-refractivity contribution in [2.75, 3.05) is 19.8 Å². The summed E-state index contributed by atoms with van der Waals surface area (Å²) in [4.78, 5) is 14.9. The van der Waals surface area contributed by atoms with Gasteiger partial charge in [0.1, 0.15) is 29.9 Å². The predicted molar refractivity (Wildman–Crippen MR) is 107 cm³/mol. The van der Waals surface area contributed by atoms with E-state index in [-0.39, 0.29) is 11.9 Å². The minimum absolute atomic E-state index is 0.147. The molecule has 1 amide bonds. The van der Waals surface area contributed by atoms with Crippen molar-refractivity contribution in [3.63, 3.8) is 0 Å². The monoisotopic (exact) mass is 424 g/mol. The number of ether oxygens (including phenoxy) is 1. The summed E-state index contributed by atoms with van der Waals surface area (Å²) < 4.78 is 5.79. The number of likely N-dealkylation sites (N-methyl/N-ethyl adjacent to an activating group) is 1. The van der Waals surface area contributed by atoms with Crippen molar-refractivity contribution in [3.8, 4) is 0 Å². The van der Waals surface area contributed by atoms with Crippen molar-refractivity contribution in [2.45, 2.75) is 80.4 Å². The van der Waals surface area contributed by atoms with Gasteiger partial charge in [-0.25, -0.2) is 0 Å². The van der Waals surface area contributed by atoms with Crippen molar-refractivity contribution in [2.24, 2.45) is 5.92 Å². The second-order valence-electron chi connectivity index (χ2n) is 7.73. The Bertz CT molecular complexity index is 498. The van der Waals surface area contributed by atoms with Crippen molar-refractivity contribution >= 4 is 29.3 Å². The Morgan fingerprint density at radius 3 is 2.56 bits per heavy atom. The molecule has 2 aliphatic heterocycles. The summed E-state index contributed by atoms with van der Waals surface area (Å²) in [6.45, 7) is 4.74. The van der Waals surface area contributed by atoms with Gasteiger partial charge in [0.25, 0.3) is 0 Å². The van der Waals surface area contributed by atoms with Gasteiger partial charge in [0.15, 0.2) is 0 Å². The fourth-order valence-corrected chi connectivity index (χ4v) is 5.00. The molecule has 7 nitrogen and oxygen atoms in total. The van der Waals surface area contributed by atoms with Gasteiger partial charge in [-0.15, -0.1) is 23.4 Å². The Morgan fingerprint density at radius 1 is 1.33 bits per heavy atom. The van der Waals surface area contributed by atoms with Crippen molar-refractivity contribution in [3.05, 3.63) is 0 Å². The maximum absolute atomic E-state index is 12.9. The van der Waals surface area contributed by atoms with E-state index in [1.165, 1.54) is 11.8 Å². The van der Waals surface area contributed by atoms with E-state index in [2.05, 4.69) is 12.2 Å². The van der Waals surface area contributed by atoms with E-state index in [1.807, 2.05) is 11.9 Å². The van der Waals surface area contributed by atoms with E-state index in [0.717, 1.165) is 25.8 Å². The fraction of sp³-hybridized carbons (Fsp3) is 0.944. The Hall–Kier alpha value is -0.0900. The lowest BCUT2D eigenvalue weighted by atomic mass is 9.92. The number of hydrogen-bond donors (Lipinski definition) is 4. The number of alkyl halides is 1. The summed E-state index contributed by atoms with van der Waals surface area (Å²) >= 11 is 7.55. The molecule has 2 aliphatic rings. The van der Waals surface area contributed by atoms with Crippen molar-refractivity contribution in [1.29, 1.82) is 0 Å². The summed E-state index contributed by atoms with van der Waals surface area (Å²) in [6.07, 6.45) is -0.0980. The predicted octanol–water partition coefficient (Wildman–Crippen LogP) is 0.390. The number of nitrogens with one attached hydrogen (secondary N) is 1. The molecule has 0 aliphatic carbocycles. The first kappa shape index (κ1) is 23.2. The maximum atomic E-state index is 12.9. The number of thioether (sulfide) groups is 1. The van der Waals surface area contributed by atoms with Crippen LogP contribution in [0.4, 0.5) is 0 Å². The van der Waals surface area contributed by atoms with Crippen LogP contribution in [-0.2, 0) is 9.53 Å². The molecule has 158 valence electrons. The van der Waals surface area contributed by atoms with Gasteiger partial charge in [0.2, 0.25) is 5.91 Å². The van der Waals surface area contributed by atoms with E-state index >= 15 is 0 Å². The average Bonchev–Trinajstić information content (AvgIpc) is 2.99. The molecular formula is C18H33ClN2O5S. The van der Waals surface area contributed by atoms with E-state index < -0.39 is 41.3 Å². The molecule has 3 unspecified atom stereocenters. The van der Waals surface area contributed by atoms with Crippen LogP contribution < -0.4 is 5.32 Å². The van der Waals surface area contributed by atoms with Crippen molar-refractivity contribution < 1.29 is 24.9 Å².